The predicted octanol–water partition coefficient (Wildman–Crippen LogP) is 0.436. The van der Waals surface area contributed by atoms with Crippen molar-refractivity contribution < 1.29 is 14.2 Å². The first-order valence-corrected chi connectivity index (χ1v) is 4.73. The minimum Gasteiger partial charge on any atom is -0.468 e. The summed E-state index contributed by atoms with van der Waals surface area (Å²) in [4.78, 5) is 11.1. The average molecular weight is 185 g/mol. The summed E-state index contributed by atoms with van der Waals surface area (Å²) in [6.07, 6.45) is 3.22. The van der Waals surface area contributed by atoms with Crippen molar-refractivity contribution in [2.24, 2.45) is 0 Å². The molecule has 1 rings (SSSR count). The van der Waals surface area contributed by atoms with Gasteiger partial charge in [0.1, 0.15) is 6.04 Å². The van der Waals surface area contributed by atoms with Gasteiger partial charge in [0.05, 0.1) is 13.7 Å². The molecule has 0 aromatic rings. The molecule has 1 saturated heterocycles. The molecule has 1 aliphatic rings. The lowest BCUT2D eigenvalue weighted by Gasteiger charge is -2.06. The summed E-state index contributed by atoms with van der Waals surface area (Å²) in [6, 6.07) is -0.271. The number of rotatable bonds is 4. The number of esters is 1. The van der Waals surface area contributed by atoms with Crippen molar-refractivity contribution in [3.63, 3.8) is 0 Å². The van der Waals surface area contributed by atoms with Crippen LogP contribution in [0.3, 0.4) is 0 Å². The highest BCUT2D eigenvalue weighted by Crippen LogP contribution is 2.08. The molecule has 0 aromatic carbocycles. The molecule has 0 aliphatic carbocycles. The Bertz CT molecular complexity index is 177. The first-order chi connectivity index (χ1) is 6.27. The van der Waals surface area contributed by atoms with Gasteiger partial charge in [0.25, 0.3) is 0 Å². The predicted molar refractivity (Wildman–Crippen MR) is 50.4 cm³/mol. The van der Waals surface area contributed by atoms with Gasteiger partial charge in [0.15, 0.2) is 0 Å². The average Bonchev–Trinajstić information content (AvgIpc) is 2.62. The van der Waals surface area contributed by atoms with Crippen LogP contribution < -0.4 is 5.23 Å². The van der Waals surface area contributed by atoms with Gasteiger partial charge in [-0.05, 0) is 6.32 Å². The Balaban J connectivity index is 2.23. The quantitative estimate of drug-likeness (QED) is 0.509. The van der Waals surface area contributed by atoms with Crippen molar-refractivity contribution >= 4 is 13.0 Å². The summed E-state index contributed by atoms with van der Waals surface area (Å²) in [6.45, 7) is 2.56. The van der Waals surface area contributed by atoms with Crippen molar-refractivity contribution in [1.82, 2.24) is 5.23 Å². The monoisotopic (exact) mass is 185 g/mol. The summed E-state index contributed by atoms with van der Waals surface area (Å²) in [5.74, 6) is -0.237. The van der Waals surface area contributed by atoms with E-state index in [4.69, 9.17) is 4.65 Å². The van der Waals surface area contributed by atoms with E-state index in [2.05, 4.69) is 16.9 Å². The fourth-order valence-electron chi connectivity index (χ4n) is 1.37. The molecule has 1 heterocycles. The summed E-state index contributed by atoms with van der Waals surface area (Å²) < 4.78 is 9.98. The largest absolute Gasteiger partial charge is 0.468 e. The number of ether oxygens (including phenoxy) is 1. The van der Waals surface area contributed by atoms with Crippen LogP contribution in [0.4, 0.5) is 0 Å². The van der Waals surface area contributed by atoms with Gasteiger partial charge in [-0.3, -0.25) is 4.79 Å². The molecular weight excluding hydrogens is 169 g/mol. The third-order valence-electron chi connectivity index (χ3n) is 2.16. The maximum Gasteiger partial charge on any atom is 0.380 e. The number of nitrogens with one attached hydrogen (secondary N) is 1. The molecule has 1 atom stereocenters. The lowest BCUT2D eigenvalue weighted by Crippen LogP contribution is -2.39. The standard InChI is InChI=1S/C8H16BNO3/c1-3-4-5-9-10-7(6-13-9)8(11)12-2/h7,10H,3-6H2,1-2H3/t7-/m0/s1. The molecule has 5 heteroatoms. The van der Waals surface area contributed by atoms with Gasteiger partial charge in [-0.1, -0.05) is 19.8 Å². The van der Waals surface area contributed by atoms with E-state index in [9.17, 15) is 4.79 Å². The molecule has 0 saturated carbocycles. The molecule has 1 fully saturated rings. The van der Waals surface area contributed by atoms with Crippen LogP contribution >= 0.6 is 0 Å². The number of hydrogen-bond donors (Lipinski definition) is 1. The van der Waals surface area contributed by atoms with Gasteiger partial charge in [-0.25, -0.2) is 0 Å². The van der Waals surface area contributed by atoms with Gasteiger partial charge in [0, 0.05) is 0 Å². The second kappa shape index (κ2) is 5.24. The molecule has 0 unspecified atom stereocenters. The van der Waals surface area contributed by atoms with E-state index in [0.717, 1.165) is 19.2 Å². The van der Waals surface area contributed by atoms with Crippen LogP contribution in [0.15, 0.2) is 0 Å². The van der Waals surface area contributed by atoms with Gasteiger partial charge in [-0.15, -0.1) is 0 Å². The van der Waals surface area contributed by atoms with E-state index in [0.29, 0.717) is 6.61 Å². The van der Waals surface area contributed by atoms with Gasteiger partial charge in [0.2, 0.25) is 0 Å². The number of hydrogen-bond acceptors (Lipinski definition) is 4. The summed E-state index contributed by atoms with van der Waals surface area (Å²) in [7, 11) is 1.42. The van der Waals surface area contributed by atoms with Crippen molar-refractivity contribution in [1.29, 1.82) is 0 Å². The molecule has 74 valence electrons. The Morgan fingerprint density at radius 3 is 3.15 bits per heavy atom. The molecular formula is C8H16BNO3. The zero-order valence-corrected chi connectivity index (χ0v) is 8.21. The number of carbonyl (C=O) groups is 1. The Morgan fingerprint density at radius 1 is 1.77 bits per heavy atom. The molecule has 4 nitrogen and oxygen atoms in total. The number of carbonyl (C=O) groups excluding carboxylic acids is 1. The first-order valence-electron chi connectivity index (χ1n) is 4.73. The third-order valence-corrected chi connectivity index (χ3v) is 2.16. The van der Waals surface area contributed by atoms with E-state index >= 15 is 0 Å². The van der Waals surface area contributed by atoms with E-state index in [1.165, 1.54) is 7.11 Å². The van der Waals surface area contributed by atoms with E-state index in [1.54, 1.807) is 0 Å². The maximum atomic E-state index is 11.1. The third kappa shape index (κ3) is 3.01. The lowest BCUT2D eigenvalue weighted by atomic mass is 9.77. The Labute approximate surface area is 79.1 Å². The van der Waals surface area contributed by atoms with Gasteiger partial charge in [-0.2, -0.15) is 0 Å². The zero-order chi connectivity index (χ0) is 9.68. The fraction of sp³-hybridized carbons (Fsp3) is 0.875. The van der Waals surface area contributed by atoms with Crippen molar-refractivity contribution in [3.8, 4) is 0 Å². The minimum atomic E-state index is -0.271. The molecule has 1 N–H and O–H groups in total. The smallest absolute Gasteiger partial charge is 0.380 e. The molecule has 1 aliphatic heterocycles. The van der Waals surface area contributed by atoms with Crippen LogP contribution in [0.5, 0.6) is 0 Å². The molecule has 0 spiro atoms. The van der Waals surface area contributed by atoms with Crippen LogP contribution in [0, 0.1) is 0 Å². The van der Waals surface area contributed by atoms with Crippen molar-refractivity contribution in [3.05, 3.63) is 0 Å². The van der Waals surface area contributed by atoms with E-state index in [1.807, 2.05) is 0 Å². The number of unbranched alkanes of at least 4 members (excludes halogenated alkanes) is 1. The van der Waals surface area contributed by atoms with Crippen LogP contribution in [0.2, 0.25) is 6.32 Å². The fourth-order valence-corrected chi connectivity index (χ4v) is 1.37. The Hall–Kier alpha value is -0.545. The Morgan fingerprint density at radius 2 is 2.54 bits per heavy atom. The minimum absolute atomic E-state index is 0.0315. The maximum absolute atomic E-state index is 11.1. The Kier molecular flexibility index (Phi) is 4.25. The second-order valence-electron chi connectivity index (χ2n) is 3.21. The lowest BCUT2D eigenvalue weighted by molar-refractivity contribution is -0.142. The van der Waals surface area contributed by atoms with Gasteiger partial charge < -0.3 is 14.6 Å². The van der Waals surface area contributed by atoms with Gasteiger partial charge >= 0.3 is 13.0 Å². The highest BCUT2D eigenvalue weighted by atomic mass is 16.5. The van der Waals surface area contributed by atoms with Crippen LogP contribution in [-0.2, 0) is 14.2 Å². The normalized spacial score (nSPS) is 22.0. The molecule has 0 bridgehead atoms. The molecule has 0 radical (unpaired) electrons. The van der Waals surface area contributed by atoms with E-state index in [-0.39, 0.29) is 19.1 Å². The zero-order valence-electron chi connectivity index (χ0n) is 8.21. The summed E-state index contributed by atoms with van der Waals surface area (Å²) in [5, 5.41) is 3.08. The second-order valence-corrected chi connectivity index (χ2v) is 3.21. The molecule has 0 aromatic heterocycles. The SMILES string of the molecule is CCCCB1N[C@H](C(=O)OC)CO1. The van der Waals surface area contributed by atoms with Crippen LogP contribution in [0.25, 0.3) is 0 Å². The first kappa shape index (κ1) is 10.5. The summed E-state index contributed by atoms with van der Waals surface area (Å²) in [5.41, 5.74) is 0. The topological polar surface area (TPSA) is 47.6 Å². The van der Waals surface area contributed by atoms with Crippen molar-refractivity contribution in [2.75, 3.05) is 13.7 Å². The highest BCUT2D eigenvalue weighted by molar-refractivity contribution is 6.50. The van der Waals surface area contributed by atoms with E-state index < -0.39 is 0 Å². The van der Waals surface area contributed by atoms with Crippen LogP contribution in [0.1, 0.15) is 19.8 Å². The van der Waals surface area contributed by atoms with Crippen molar-refractivity contribution in [2.45, 2.75) is 32.1 Å². The molecule has 0 amide bonds. The molecule has 13 heavy (non-hydrogen) atoms. The highest BCUT2D eigenvalue weighted by Gasteiger charge is 2.33. The summed E-state index contributed by atoms with van der Waals surface area (Å²) >= 11 is 0. The van der Waals surface area contributed by atoms with Crippen LogP contribution in [-0.4, -0.2) is 32.8 Å². The number of methoxy groups -OCH3 is 1.